The van der Waals surface area contributed by atoms with E-state index in [-0.39, 0.29) is 23.9 Å². The van der Waals surface area contributed by atoms with E-state index in [1.54, 1.807) is 43.2 Å². The Labute approximate surface area is 255 Å². The molecule has 2 saturated heterocycles. The second-order valence-corrected chi connectivity index (χ2v) is 12.3. The topological polar surface area (TPSA) is 124 Å². The first-order chi connectivity index (χ1) is 20.8. The summed E-state index contributed by atoms with van der Waals surface area (Å²) in [5.74, 6) is -2.26. The van der Waals surface area contributed by atoms with Gasteiger partial charge in [-0.3, -0.25) is 23.7 Å². The van der Waals surface area contributed by atoms with E-state index in [0.717, 1.165) is 33.6 Å². The molecule has 3 amide bonds. The van der Waals surface area contributed by atoms with Crippen LogP contribution >= 0.6 is 23.1 Å². The summed E-state index contributed by atoms with van der Waals surface area (Å²) in [7, 11) is 1.56. The van der Waals surface area contributed by atoms with Crippen LogP contribution in [0.3, 0.4) is 0 Å². The van der Waals surface area contributed by atoms with Gasteiger partial charge in [0.15, 0.2) is 0 Å². The molecule has 2 aromatic carbocycles. The molecule has 6 rings (SSSR count). The number of morpholine rings is 1. The molecule has 224 valence electrons. The minimum absolute atomic E-state index is 0.161. The number of esters is 1. The SMILES string of the molecule is CCOC(=O)c1ccc(N2C(=O)[C@H]3[C@H](c4ccc(OC)cc4)c4sc(=O)n(CC(=O)N5CCOCC5)c4S[C@H]3C2=O)cc1. The van der Waals surface area contributed by atoms with Gasteiger partial charge in [0.1, 0.15) is 17.5 Å². The van der Waals surface area contributed by atoms with Gasteiger partial charge >= 0.3 is 10.8 Å². The second kappa shape index (κ2) is 12.0. The van der Waals surface area contributed by atoms with E-state index in [1.165, 1.54) is 16.7 Å². The molecule has 0 spiro atoms. The lowest BCUT2D eigenvalue weighted by Crippen LogP contribution is -2.43. The van der Waals surface area contributed by atoms with Crippen LogP contribution in [0.5, 0.6) is 5.75 Å². The van der Waals surface area contributed by atoms with Crippen LogP contribution in [-0.4, -0.2) is 78.4 Å². The Balaban J connectivity index is 1.39. The van der Waals surface area contributed by atoms with Gasteiger partial charge in [-0.15, -0.1) is 0 Å². The number of ether oxygens (including phenoxy) is 3. The number of amides is 3. The van der Waals surface area contributed by atoms with E-state index in [9.17, 15) is 24.0 Å². The third kappa shape index (κ3) is 5.25. The number of carbonyl (C=O) groups excluding carboxylic acids is 4. The van der Waals surface area contributed by atoms with E-state index < -0.39 is 34.9 Å². The zero-order chi connectivity index (χ0) is 30.2. The summed E-state index contributed by atoms with van der Waals surface area (Å²) in [5, 5.41) is -0.296. The fraction of sp³-hybridized carbons (Fsp3) is 0.367. The van der Waals surface area contributed by atoms with Crippen molar-refractivity contribution in [3.8, 4) is 5.75 Å². The van der Waals surface area contributed by atoms with Crippen molar-refractivity contribution in [3.05, 3.63) is 74.2 Å². The number of aromatic nitrogens is 1. The fourth-order valence-corrected chi connectivity index (χ4v) is 8.46. The lowest BCUT2D eigenvalue weighted by Gasteiger charge is -2.31. The maximum Gasteiger partial charge on any atom is 0.338 e. The zero-order valence-electron chi connectivity index (χ0n) is 23.5. The van der Waals surface area contributed by atoms with Gasteiger partial charge in [-0.25, -0.2) is 9.69 Å². The summed E-state index contributed by atoms with van der Waals surface area (Å²) in [6.07, 6.45) is 0. The molecule has 0 unspecified atom stereocenters. The summed E-state index contributed by atoms with van der Waals surface area (Å²) in [4.78, 5) is 69.8. The van der Waals surface area contributed by atoms with Crippen molar-refractivity contribution in [3.63, 3.8) is 0 Å². The molecule has 43 heavy (non-hydrogen) atoms. The highest BCUT2D eigenvalue weighted by atomic mass is 32.2. The standard InChI is InChI=1S/C30H29N3O8S2/c1-3-41-29(37)18-4-8-19(9-5-18)33-26(35)23-22(17-6-10-20(39-2)11-7-17)25-28(42-24(23)27(33)36)32(30(38)43-25)16-21(34)31-12-14-40-15-13-31/h4-11,22-24H,3,12-16H2,1-2H3/t22-,23-,24+/m0/s1. The van der Waals surface area contributed by atoms with Crippen LogP contribution in [0.4, 0.5) is 5.69 Å². The number of imide groups is 1. The summed E-state index contributed by atoms with van der Waals surface area (Å²) >= 11 is 2.17. The van der Waals surface area contributed by atoms with Crippen LogP contribution in [0.1, 0.15) is 33.6 Å². The largest absolute Gasteiger partial charge is 0.497 e. The number of hydrogen-bond acceptors (Lipinski definition) is 10. The predicted octanol–water partition coefficient (Wildman–Crippen LogP) is 2.75. The van der Waals surface area contributed by atoms with Crippen LogP contribution in [0, 0.1) is 5.92 Å². The monoisotopic (exact) mass is 623 g/mol. The molecule has 1 aromatic heterocycles. The Bertz CT molecular complexity index is 1630. The van der Waals surface area contributed by atoms with E-state index in [2.05, 4.69) is 0 Å². The fourth-order valence-electron chi connectivity index (χ4n) is 5.69. The van der Waals surface area contributed by atoms with Gasteiger partial charge in [0.05, 0.1) is 49.1 Å². The Kier molecular flexibility index (Phi) is 8.12. The molecular formula is C30H29N3O8S2. The maximum absolute atomic E-state index is 14.1. The molecule has 11 nitrogen and oxygen atoms in total. The molecule has 0 saturated carbocycles. The molecule has 0 aliphatic carbocycles. The highest BCUT2D eigenvalue weighted by Gasteiger charge is 2.56. The Morgan fingerprint density at radius 2 is 1.67 bits per heavy atom. The molecule has 3 aliphatic heterocycles. The van der Waals surface area contributed by atoms with Gasteiger partial charge in [-0.2, -0.15) is 0 Å². The number of fused-ring (bicyclic) bond motifs is 2. The van der Waals surface area contributed by atoms with Crippen molar-refractivity contribution in [1.29, 1.82) is 0 Å². The molecule has 0 bridgehead atoms. The van der Waals surface area contributed by atoms with Crippen molar-refractivity contribution < 1.29 is 33.4 Å². The van der Waals surface area contributed by atoms with Crippen LogP contribution < -0.4 is 14.5 Å². The molecule has 4 heterocycles. The maximum atomic E-state index is 14.1. The smallest absolute Gasteiger partial charge is 0.338 e. The first kappa shape index (κ1) is 29.1. The molecule has 3 atom stereocenters. The van der Waals surface area contributed by atoms with Crippen molar-refractivity contribution in [2.45, 2.75) is 29.7 Å². The van der Waals surface area contributed by atoms with Crippen molar-refractivity contribution in [2.24, 2.45) is 5.92 Å². The number of hydrogen-bond donors (Lipinski definition) is 0. The Morgan fingerprint density at radius 1 is 0.977 bits per heavy atom. The van der Waals surface area contributed by atoms with Crippen LogP contribution in [0.25, 0.3) is 0 Å². The molecular weight excluding hydrogens is 594 g/mol. The minimum atomic E-state index is -0.824. The second-order valence-electron chi connectivity index (χ2n) is 10.2. The number of thioether (sulfide) groups is 1. The van der Waals surface area contributed by atoms with Crippen molar-refractivity contribution >= 4 is 52.5 Å². The normalized spacial score (nSPS) is 21.4. The molecule has 2 fully saturated rings. The van der Waals surface area contributed by atoms with E-state index in [1.807, 2.05) is 12.1 Å². The molecule has 13 heteroatoms. The lowest BCUT2D eigenvalue weighted by molar-refractivity contribution is -0.136. The summed E-state index contributed by atoms with van der Waals surface area (Å²) in [6, 6.07) is 13.4. The third-order valence-corrected chi connectivity index (χ3v) is 10.4. The Morgan fingerprint density at radius 3 is 2.33 bits per heavy atom. The lowest BCUT2D eigenvalue weighted by atomic mass is 9.83. The minimum Gasteiger partial charge on any atom is -0.497 e. The number of thiazole rings is 1. The molecule has 3 aromatic rings. The third-order valence-electron chi connectivity index (χ3n) is 7.82. The van der Waals surface area contributed by atoms with Gasteiger partial charge in [0.25, 0.3) is 0 Å². The first-order valence-electron chi connectivity index (χ1n) is 13.9. The van der Waals surface area contributed by atoms with Crippen LogP contribution in [-0.2, 0) is 30.4 Å². The number of benzene rings is 2. The van der Waals surface area contributed by atoms with Gasteiger partial charge < -0.3 is 19.1 Å². The van der Waals surface area contributed by atoms with Gasteiger partial charge in [0, 0.05) is 23.9 Å². The van der Waals surface area contributed by atoms with Gasteiger partial charge in [-0.05, 0) is 48.9 Å². The highest BCUT2D eigenvalue weighted by Crippen LogP contribution is 2.54. The van der Waals surface area contributed by atoms with Crippen molar-refractivity contribution in [1.82, 2.24) is 9.47 Å². The first-order valence-corrected chi connectivity index (χ1v) is 15.6. The van der Waals surface area contributed by atoms with Crippen molar-refractivity contribution in [2.75, 3.05) is 44.9 Å². The van der Waals surface area contributed by atoms with Gasteiger partial charge in [0.2, 0.25) is 17.7 Å². The van der Waals surface area contributed by atoms with E-state index in [0.29, 0.717) is 53.2 Å². The summed E-state index contributed by atoms with van der Waals surface area (Å²) in [5.41, 5.74) is 1.41. The summed E-state index contributed by atoms with van der Waals surface area (Å²) in [6.45, 7) is 3.55. The number of carbonyl (C=O) groups is 4. The van der Waals surface area contributed by atoms with E-state index >= 15 is 0 Å². The van der Waals surface area contributed by atoms with Gasteiger partial charge in [-0.1, -0.05) is 35.2 Å². The zero-order valence-corrected chi connectivity index (χ0v) is 25.2. The number of rotatable bonds is 7. The molecule has 3 aliphatic rings. The summed E-state index contributed by atoms with van der Waals surface area (Å²) < 4.78 is 17.2. The predicted molar refractivity (Wildman–Crippen MR) is 159 cm³/mol. The average Bonchev–Trinajstić information content (AvgIpc) is 3.47. The molecule has 0 N–H and O–H groups in total. The van der Waals surface area contributed by atoms with Crippen LogP contribution in [0.15, 0.2) is 58.4 Å². The quantitative estimate of drug-likeness (QED) is 0.289. The van der Waals surface area contributed by atoms with E-state index in [4.69, 9.17) is 14.2 Å². The number of anilines is 1. The number of nitrogens with zero attached hydrogens (tertiary/aromatic N) is 3. The highest BCUT2D eigenvalue weighted by molar-refractivity contribution is 8.00. The average molecular weight is 624 g/mol. The Hall–Kier alpha value is -3.94. The number of methoxy groups -OCH3 is 1. The molecule has 0 radical (unpaired) electrons. The van der Waals surface area contributed by atoms with Crippen LogP contribution in [0.2, 0.25) is 0 Å².